The van der Waals surface area contributed by atoms with Crippen molar-refractivity contribution in [2.75, 3.05) is 12.3 Å². The van der Waals surface area contributed by atoms with Gasteiger partial charge in [0, 0.05) is 18.7 Å². The second-order valence-corrected chi connectivity index (χ2v) is 4.85. The first-order valence-electron chi connectivity index (χ1n) is 6.52. The number of hydrogen-bond acceptors (Lipinski definition) is 3. The van der Waals surface area contributed by atoms with Crippen LogP contribution in [0.4, 0.5) is 5.69 Å². The van der Waals surface area contributed by atoms with E-state index in [1.54, 1.807) is 4.90 Å². The molecule has 4 N–H and O–H groups in total. The number of carbonyl (C=O) groups excluding carboxylic acids is 2. The number of likely N-dealkylation sites (tertiary alicyclic amines) is 1. The molecule has 0 saturated carbocycles. The van der Waals surface area contributed by atoms with Gasteiger partial charge in [-0.1, -0.05) is 18.2 Å². The highest BCUT2D eigenvalue weighted by Gasteiger charge is 2.32. The Bertz CT molecular complexity index is 493. The zero-order valence-electron chi connectivity index (χ0n) is 11.2. The van der Waals surface area contributed by atoms with Crippen LogP contribution in [-0.4, -0.2) is 29.3 Å². The Morgan fingerprint density at radius 2 is 2.00 bits per heavy atom. The SMILES string of the molecule is Cl.NC(=O)C1CCCN1C(=O)CCc1ccccc1N. The summed E-state index contributed by atoms with van der Waals surface area (Å²) in [5.74, 6) is -0.436. The van der Waals surface area contributed by atoms with E-state index in [0.29, 0.717) is 31.5 Å². The number of primary amides is 1. The van der Waals surface area contributed by atoms with Crippen LogP contribution < -0.4 is 11.5 Å². The van der Waals surface area contributed by atoms with Gasteiger partial charge in [-0.2, -0.15) is 0 Å². The van der Waals surface area contributed by atoms with Gasteiger partial charge in [0.15, 0.2) is 0 Å². The molecule has 0 radical (unpaired) electrons. The van der Waals surface area contributed by atoms with Crippen molar-refractivity contribution in [1.82, 2.24) is 4.90 Å². The van der Waals surface area contributed by atoms with Crippen molar-refractivity contribution in [3.8, 4) is 0 Å². The summed E-state index contributed by atoms with van der Waals surface area (Å²) in [6, 6.07) is 7.07. The van der Waals surface area contributed by atoms with Crippen LogP contribution in [0.1, 0.15) is 24.8 Å². The second kappa shape index (κ2) is 7.14. The fraction of sp³-hybridized carbons (Fsp3) is 0.429. The monoisotopic (exact) mass is 297 g/mol. The normalized spacial score (nSPS) is 17.6. The lowest BCUT2D eigenvalue weighted by atomic mass is 10.1. The van der Waals surface area contributed by atoms with Crippen LogP contribution in [0.3, 0.4) is 0 Å². The summed E-state index contributed by atoms with van der Waals surface area (Å²) in [6.45, 7) is 0.622. The molecule has 0 aliphatic carbocycles. The number of aryl methyl sites for hydroxylation is 1. The maximum atomic E-state index is 12.1. The summed E-state index contributed by atoms with van der Waals surface area (Å²) in [5.41, 5.74) is 12.8. The predicted molar refractivity (Wildman–Crippen MR) is 80.4 cm³/mol. The summed E-state index contributed by atoms with van der Waals surface area (Å²) in [7, 11) is 0. The Balaban J connectivity index is 0.00000200. The van der Waals surface area contributed by atoms with Gasteiger partial charge in [-0.15, -0.1) is 12.4 Å². The van der Waals surface area contributed by atoms with E-state index in [2.05, 4.69) is 0 Å². The molecule has 1 saturated heterocycles. The van der Waals surface area contributed by atoms with Crippen LogP contribution in [0.25, 0.3) is 0 Å². The molecule has 5 nitrogen and oxygen atoms in total. The van der Waals surface area contributed by atoms with Gasteiger partial charge in [-0.3, -0.25) is 9.59 Å². The third-order valence-corrected chi connectivity index (χ3v) is 3.56. The molecule has 0 aromatic heterocycles. The highest BCUT2D eigenvalue weighted by atomic mass is 35.5. The van der Waals surface area contributed by atoms with Crippen molar-refractivity contribution in [1.29, 1.82) is 0 Å². The molecule has 1 aromatic carbocycles. The van der Waals surface area contributed by atoms with Gasteiger partial charge in [0.2, 0.25) is 11.8 Å². The van der Waals surface area contributed by atoms with Crippen LogP contribution in [0.2, 0.25) is 0 Å². The minimum atomic E-state index is -0.430. The quantitative estimate of drug-likeness (QED) is 0.816. The molecule has 6 heteroatoms. The van der Waals surface area contributed by atoms with E-state index in [9.17, 15) is 9.59 Å². The van der Waals surface area contributed by atoms with Gasteiger partial charge in [0.05, 0.1) is 0 Å². The van der Waals surface area contributed by atoms with Gasteiger partial charge in [0.1, 0.15) is 6.04 Å². The molecule has 2 amide bonds. The Labute approximate surface area is 124 Å². The van der Waals surface area contributed by atoms with Gasteiger partial charge >= 0.3 is 0 Å². The smallest absolute Gasteiger partial charge is 0.240 e. The lowest BCUT2D eigenvalue weighted by Crippen LogP contribution is -2.43. The van der Waals surface area contributed by atoms with Crippen LogP contribution >= 0.6 is 12.4 Å². The number of nitrogens with zero attached hydrogens (tertiary/aromatic N) is 1. The molecule has 1 atom stereocenters. The molecule has 20 heavy (non-hydrogen) atoms. The van der Waals surface area contributed by atoms with Gasteiger partial charge in [-0.05, 0) is 30.9 Å². The van der Waals surface area contributed by atoms with Crippen molar-refractivity contribution in [2.24, 2.45) is 5.73 Å². The van der Waals surface area contributed by atoms with Crippen LogP contribution in [0.5, 0.6) is 0 Å². The lowest BCUT2D eigenvalue weighted by molar-refractivity contribution is -0.137. The average Bonchev–Trinajstić information content (AvgIpc) is 2.87. The van der Waals surface area contributed by atoms with E-state index in [1.165, 1.54) is 0 Å². The molecular formula is C14H20ClN3O2. The molecule has 1 aliphatic heterocycles. The molecule has 110 valence electrons. The molecule has 1 heterocycles. The number of benzene rings is 1. The molecule has 1 aromatic rings. The fourth-order valence-corrected chi connectivity index (χ4v) is 2.51. The van der Waals surface area contributed by atoms with E-state index in [-0.39, 0.29) is 18.3 Å². The first-order chi connectivity index (χ1) is 9.09. The molecule has 0 bridgehead atoms. The zero-order chi connectivity index (χ0) is 13.8. The number of anilines is 1. The zero-order valence-corrected chi connectivity index (χ0v) is 12.1. The number of amides is 2. The van der Waals surface area contributed by atoms with E-state index < -0.39 is 11.9 Å². The standard InChI is InChI=1S/C14H19N3O2.ClH/c15-11-5-2-1-4-10(11)7-8-13(18)17-9-3-6-12(17)14(16)19;/h1-2,4-5,12H,3,6-9,15H2,(H2,16,19);1H. The topological polar surface area (TPSA) is 89.4 Å². The minimum absolute atomic E-state index is 0. The molecule has 2 rings (SSSR count). The average molecular weight is 298 g/mol. The number of nitrogen functional groups attached to an aromatic ring is 1. The van der Waals surface area contributed by atoms with Crippen molar-refractivity contribution in [2.45, 2.75) is 31.7 Å². The Hall–Kier alpha value is -1.75. The first-order valence-corrected chi connectivity index (χ1v) is 6.52. The summed E-state index contributed by atoms with van der Waals surface area (Å²) >= 11 is 0. The van der Waals surface area contributed by atoms with Crippen LogP contribution in [0.15, 0.2) is 24.3 Å². The van der Waals surface area contributed by atoms with Gasteiger partial charge in [0.25, 0.3) is 0 Å². The largest absolute Gasteiger partial charge is 0.399 e. The van der Waals surface area contributed by atoms with Crippen molar-refractivity contribution in [3.05, 3.63) is 29.8 Å². The number of rotatable bonds is 4. The first kappa shape index (κ1) is 16.3. The molecule has 0 spiro atoms. The number of hydrogen-bond donors (Lipinski definition) is 2. The van der Waals surface area contributed by atoms with Gasteiger partial charge in [-0.25, -0.2) is 0 Å². The second-order valence-electron chi connectivity index (χ2n) is 4.85. The summed E-state index contributed by atoms with van der Waals surface area (Å²) < 4.78 is 0. The Morgan fingerprint density at radius 1 is 1.30 bits per heavy atom. The van der Waals surface area contributed by atoms with E-state index >= 15 is 0 Å². The minimum Gasteiger partial charge on any atom is -0.399 e. The van der Waals surface area contributed by atoms with Crippen molar-refractivity contribution in [3.63, 3.8) is 0 Å². The van der Waals surface area contributed by atoms with E-state index in [1.807, 2.05) is 24.3 Å². The molecule has 1 fully saturated rings. The predicted octanol–water partition coefficient (Wildman–Crippen LogP) is 1.10. The highest BCUT2D eigenvalue weighted by molar-refractivity contribution is 5.87. The number of nitrogens with two attached hydrogens (primary N) is 2. The fourth-order valence-electron chi connectivity index (χ4n) is 2.51. The van der Waals surface area contributed by atoms with E-state index in [0.717, 1.165) is 12.0 Å². The maximum absolute atomic E-state index is 12.1. The molecule has 1 unspecified atom stereocenters. The number of carbonyl (C=O) groups is 2. The Kier molecular flexibility index (Phi) is 5.82. The third kappa shape index (κ3) is 3.63. The number of para-hydroxylation sites is 1. The van der Waals surface area contributed by atoms with Crippen molar-refractivity contribution < 1.29 is 9.59 Å². The Morgan fingerprint density at radius 3 is 2.65 bits per heavy atom. The summed E-state index contributed by atoms with van der Waals surface area (Å²) in [6.07, 6.45) is 2.47. The lowest BCUT2D eigenvalue weighted by Gasteiger charge is -2.22. The third-order valence-electron chi connectivity index (χ3n) is 3.56. The van der Waals surface area contributed by atoms with Crippen LogP contribution in [0, 0.1) is 0 Å². The molecular weight excluding hydrogens is 278 g/mol. The van der Waals surface area contributed by atoms with Crippen molar-refractivity contribution >= 4 is 29.9 Å². The summed E-state index contributed by atoms with van der Waals surface area (Å²) in [5, 5.41) is 0. The number of halogens is 1. The van der Waals surface area contributed by atoms with Gasteiger partial charge < -0.3 is 16.4 Å². The summed E-state index contributed by atoms with van der Waals surface area (Å²) in [4.78, 5) is 25.0. The maximum Gasteiger partial charge on any atom is 0.240 e. The van der Waals surface area contributed by atoms with Crippen LogP contribution in [-0.2, 0) is 16.0 Å². The molecule has 1 aliphatic rings. The highest BCUT2D eigenvalue weighted by Crippen LogP contribution is 2.19. The van der Waals surface area contributed by atoms with E-state index in [4.69, 9.17) is 11.5 Å².